The van der Waals surface area contributed by atoms with Crippen LogP contribution in [0.15, 0.2) is 29.3 Å². The molecule has 146 valence electrons. The number of aromatic nitrogens is 1. The molecule has 3 unspecified atom stereocenters. The normalized spacial score (nSPS) is 23.1. The van der Waals surface area contributed by atoms with E-state index in [1.807, 2.05) is 7.05 Å². The van der Waals surface area contributed by atoms with Crippen LogP contribution < -0.4 is 10.6 Å². The van der Waals surface area contributed by atoms with Crippen LogP contribution in [-0.2, 0) is 12.8 Å². The Bertz CT molecular complexity index is 797. The molecule has 1 saturated carbocycles. The largest absolute Gasteiger partial charge is 0.356 e. The Balaban J connectivity index is 0.00000210. The first-order chi connectivity index (χ1) is 12.7. The van der Waals surface area contributed by atoms with E-state index in [0.29, 0.717) is 0 Å². The standard InChI is InChI=1S/C21H28N4S.HI/c1-13-14(2)26-19(25-13)10-11-23-21(22-3)24-12-18-17-9-8-15-6-4-5-7-16(15)20(17)18;/h4-7,17-18,20H,8-12H2,1-3H3,(H2,22,23,24);1H. The summed E-state index contributed by atoms with van der Waals surface area (Å²) >= 11 is 1.80. The molecule has 0 radical (unpaired) electrons. The number of hydrogen-bond acceptors (Lipinski definition) is 3. The summed E-state index contributed by atoms with van der Waals surface area (Å²) in [5.41, 5.74) is 4.31. The van der Waals surface area contributed by atoms with E-state index < -0.39 is 0 Å². The first kappa shape index (κ1) is 20.6. The van der Waals surface area contributed by atoms with Crippen molar-refractivity contribution in [2.45, 2.75) is 39.0 Å². The van der Waals surface area contributed by atoms with Gasteiger partial charge in [-0.1, -0.05) is 24.3 Å². The summed E-state index contributed by atoms with van der Waals surface area (Å²) in [5.74, 6) is 3.27. The summed E-state index contributed by atoms with van der Waals surface area (Å²) in [6.07, 6.45) is 3.53. The number of benzene rings is 1. The molecule has 0 amide bonds. The lowest BCUT2D eigenvalue weighted by molar-refractivity contribution is 0.618. The first-order valence-corrected chi connectivity index (χ1v) is 10.4. The number of aryl methyl sites for hydroxylation is 3. The maximum Gasteiger partial charge on any atom is 0.190 e. The van der Waals surface area contributed by atoms with Crippen LogP contribution in [0.1, 0.15) is 39.0 Å². The smallest absolute Gasteiger partial charge is 0.190 e. The highest BCUT2D eigenvalue weighted by Gasteiger charge is 2.52. The summed E-state index contributed by atoms with van der Waals surface area (Å²) in [5, 5.41) is 8.18. The number of aliphatic imine (C=N–C) groups is 1. The third kappa shape index (κ3) is 4.47. The maximum absolute atomic E-state index is 4.61. The molecular formula is C21H29IN4S. The van der Waals surface area contributed by atoms with Gasteiger partial charge in [-0.2, -0.15) is 0 Å². The SMILES string of the molecule is CN=C(NCCc1nc(C)c(C)s1)NCC1C2CCc3ccccc3C21.I. The van der Waals surface area contributed by atoms with Gasteiger partial charge in [-0.25, -0.2) is 4.98 Å². The van der Waals surface area contributed by atoms with Crippen molar-refractivity contribution in [3.8, 4) is 0 Å². The quantitative estimate of drug-likeness (QED) is 0.373. The van der Waals surface area contributed by atoms with Gasteiger partial charge in [0.05, 0.1) is 10.7 Å². The van der Waals surface area contributed by atoms with Crippen LogP contribution in [0.2, 0.25) is 0 Å². The number of nitrogens with zero attached hydrogens (tertiary/aromatic N) is 2. The van der Waals surface area contributed by atoms with Gasteiger partial charge in [-0.3, -0.25) is 4.99 Å². The Morgan fingerprint density at radius 2 is 2.07 bits per heavy atom. The molecular weight excluding hydrogens is 467 g/mol. The fourth-order valence-electron chi connectivity index (χ4n) is 4.36. The van der Waals surface area contributed by atoms with Gasteiger partial charge in [0, 0.05) is 31.4 Å². The lowest BCUT2D eigenvalue weighted by atomic mass is 9.92. The number of halogens is 1. The molecule has 1 aromatic carbocycles. The van der Waals surface area contributed by atoms with Gasteiger partial charge in [-0.15, -0.1) is 35.3 Å². The Morgan fingerprint density at radius 3 is 2.81 bits per heavy atom. The molecule has 6 heteroatoms. The minimum absolute atomic E-state index is 0. The van der Waals surface area contributed by atoms with E-state index >= 15 is 0 Å². The lowest BCUT2D eigenvalue weighted by Crippen LogP contribution is -2.39. The number of nitrogens with one attached hydrogen (secondary N) is 2. The third-order valence-corrected chi connectivity index (χ3v) is 7.06. The number of hydrogen-bond donors (Lipinski definition) is 2. The molecule has 2 N–H and O–H groups in total. The highest BCUT2D eigenvalue weighted by Crippen LogP contribution is 2.59. The van der Waals surface area contributed by atoms with E-state index in [1.165, 1.54) is 22.7 Å². The van der Waals surface area contributed by atoms with Crippen molar-refractivity contribution in [2.24, 2.45) is 16.8 Å². The Hall–Kier alpha value is -1.15. The Morgan fingerprint density at radius 1 is 1.26 bits per heavy atom. The minimum Gasteiger partial charge on any atom is -0.356 e. The second-order valence-corrected chi connectivity index (χ2v) is 8.76. The molecule has 2 aromatic rings. The van der Waals surface area contributed by atoms with Crippen molar-refractivity contribution >= 4 is 41.3 Å². The van der Waals surface area contributed by atoms with Crippen LogP contribution in [0.5, 0.6) is 0 Å². The molecule has 2 aliphatic carbocycles. The van der Waals surface area contributed by atoms with Crippen molar-refractivity contribution < 1.29 is 0 Å². The van der Waals surface area contributed by atoms with Crippen LogP contribution in [0, 0.1) is 25.7 Å². The fraction of sp³-hybridized carbons (Fsp3) is 0.524. The molecule has 0 spiro atoms. The number of thiazole rings is 1. The molecule has 27 heavy (non-hydrogen) atoms. The van der Waals surface area contributed by atoms with Crippen molar-refractivity contribution in [3.05, 3.63) is 51.0 Å². The zero-order valence-electron chi connectivity index (χ0n) is 16.3. The molecule has 1 heterocycles. The van der Waals surface area contributed by atoms with Crippen LogP contribution in [0.25, 0.3) is 0 Å². The summed E-state index contributed by atoms with van der Waals surface area (Å²) in [4.78, 5) is 10.3. The van der Waals surface area contributed by atoms with Gasteiger partial charge >= 0.3 is 0 Å². The molecule has 1 fully saturated rings. The second kappa shape index (κ2) is 8.90. The second-order valence-electron chi connectivity index (χ2n) is 7.47. The fourth-order valence-corrected chi connectivity index (χ4v) is 5.29. The van der Waals surface area contributed by atoms with Crippen LogP contribution in [0.4, 0.5) is 0 Å². The predicted molar refractivity (Wildman–Crippen MR) is 125 cm³/mol. The minimum atomic E-state index is 0. The van der Waals surface area contributed by atoms with E-state index in [1.54, 1.807) is 22.5 Å². The monoisotopic (exact) mass is 496 g/mol. The van der Waals surface area contributed by atoms with Crippen molar-refractivity contribution in [2.75, 3.05) is 20.1 Å². The van der Waals surface area contributed by atoms with Crippen LogP contribution in [-0.4, -0.2) is 31.1 Å². The Labute approximate surface area is 183 Å². The third-order valence-electron chi connectivity index (χ3n) is 5.93. The van der Waals surface area contributed by atoms with Crippen molar-refractivity contribution in [1.29, 1.82) is 0 Å². The molecule has 4 rings (SSSR count). The van der Waals surface area contributed by atoms with Gasteiger partial charge in [0.1, 0.15) is 0 Å². The highest BCUT2D eigenvalue weighted by atomic mass is 127. The van der Waals surface area contributed by atoms with E-state index in [9.17, 15) is 0 Å². The summed E-state index contributed by atoms with van der Waals surface area (Å²) < 4.78 is 0. The van der Waals surface area contributed by atoms with Crippen LogP contribution >= 0.6 is 35.3 Å². The summed E-state index contributed by atoms with van der Waals surface area (Å²) in [6, 6.07) is 8.99. The predicted octanol–water partition coefficient (Wildman–Crippen LogP) is 4.06. The van der Waals surface area contributed by atoms with E-state index in [4.69, 9.17) is 0 Å². The molecule has 0 aliphatic heterocycles. The molecule has 0 saturated heterocycles. The van der Waals surface area contributed by atoms with E-state index in [2.05, 4.69) is 58.7 Å². The number of fused-ring (bicyclic) bond motifs is 3. The van der Waals surface area contributed by atoms with E-state index in [0.717, 1.165) is 48.9 Å². The zero-order valence-corrected chi connectivity index (χ0v) is 19.4. The molecule has 4 nitrogen and oxygen atoms in total. The molecule has 1 aromatic heterocycles. The Kier molecular flexibility index (Phi) is 6.78. The summed E-state index contributed by atoms with van der Waals surface area (Å²) in [6.45, 7) is 6.10. The van der Waals surface area contributed by atoms with E-state index in [-0.39, 0.29) is 24.0 Å². The topological polar surface area (TPSA) is 49.3 Å². The highest BCUT2D eigenvalue weighted by molar-refractivity contribution is 14.0. The van der Waals surface area contributed by atoms with Gasteiger partial charge in [-0.05, 0) is 55.6 Å². The number of guanidine groups is 1. The zero-order chi connectivity index (χ0) is 18.1. The maximum atomic E-state index is 4.61. The number of rotatable bonds is 5. The molecule has 2 aliphatic rings. The molecule has 3 atom stereocenters. The van der Waals surface area contributed by atoms with Crippen LogP contribution in [0.3, 0.4) is 0 Å². The van der Waals surface area contributed by atoms with Crippen molar-refractivity contribution in [1.82, 2.24) is 15.6 Å². The summed E-state index contributed by atoms with van der Waals surface area (Å²) in [7, 11) is 1.85. The van der Waals surface area contributed by atoms with Gasteiger partial charge in [0.2, 0.25) is 0 Å². The van der Waals surface area contributed by atoms with Gasteiger partial charge < -0.3 is 10.6 Å². The van der Waals surface area contributed by atoms with Gasteiger partial charge in [0.25, 0.3) is 0 Å². The average Bonchev–Trinajstić information content (AvgIpc) is 3.28. The lowest BCUT2D eigenvalue weighted by Gasteiger charge is -2.13. The van der Waals surface area contributed by atoms with Crippen molar-refractivity contribution in [3.63, 3.8) is 0 Å². The average molecular weight is 496 g/mol. The first-order valence-electron chi connectivity index (χ1n) is 9.62. The molecule has 0 bridgehead atoms. The van der Waals surface area contributed by atoms with Gasteiger partial charge in [0.15, 0.2) is 5.96 Å².